The third kappa shape index (κ3) is 5.08. The SMILES string of the molecule is Clc1cccc(COc2ccc(CNCc3ccccn3)cc2)c1. The number of rotatable bonds is 7. The van der Waals surface area contributed by atoms with Gasteiger partial charge in [-0.15, -0.1) is 0 Å². The van der Waals surface area contributed by atoms with E-state index >= 15 is 0 Å². The molecule has 0 saturated carbocycles. The highest BCUT2D eigenvalue weighted by molar-refractivity contribution is 6.30. The molecule has 0 spiro atoms. The van der Waals surface area contributed by atoms with Gasteiger partial charge in [-0.05, 0) is 47.5 Å². The predicted octanol–water partition coefficient (Wildman–Crippen LogP) is 4.60. The van der Waals surface area contributed by atoms with E-state index in [4.69, 9.17) is 16.3 Å². The summed E-state index contributed by atoms with van der Waals surface area (Å²) in [5.41, 5.74) is 3.31. The number of hydrogen-bond donors (Lipinski definition) is 1. The van der Waals surface area contributed by atoms with Crippen molar-refractivity contribution in [1.82, 2.24) is 10.3 Å². The second kappa shape index (κ2) is 8.48. The number of ether oxygens (including phenoxy) is 1. The van der Waals surface area contributed by atoms with Gasteiger partial charge in [0.25, 0.3) is 0 Å². The van der Waals surface area contributed by atoms with Crippen LogP contribution in [0, 0.1) is 0 Å². The summed E-state index contributed by atoms with van der Waals surface area (Å²) in [7, 11) is 0. The molecule has 0 aliphatic heterocycles. The molecule has 0 bridgehead atoms. The van der Waals surface area contributed by atoms with Crippen molar-refractivity contribution in [2.24, 2.45) is 0 Å². The Morgan fingerprint density at radius 3 is 2.50 bits per heavy atom. The van der Waals surface area contributed by atoms with Crippen molar-refractivity contribution in [2.45, 2.75) is 19.7 Å². The summed E-state index contributed by atoms with van der Waals surface area (Å²) in [6, 6.07) is 21.7. The van der Waals surface area contributed by atoms with Crippen LogP contribution in [0.25, 0.3) is 0 Å². The average molecular weight is 339 g/mol. The molecule has 4 heteroatoms. The quantitative estimate of drug-likeness (QED) is 0.683. The first kappa shape index (κ1) is 16.5. The molecule has 1 aromatic heterocycles. The summed E-state index contributed by atoms with van der Waals surface area (Å²) in [5, 5.41) is 4.11. The monoisotopic (exact) mass is 338 g/mol. The summed E-state index contributed by atoms with van der Waals surface area (Å²) in [6.45, 7) is 2.07. The number of hydrogen-bond acceptors (Lipinski definition) is 3. The standard InChI is InChI=1S/C20H19ClN2O/c21-18-5-3-4-17(12-18)15-24-20-9-7-16(8-10-20)13-22-14-19-6-1-2-11-23-19/h1-12,22H,13-15H2. The topological polar surface area (TPSA) is 34.1 Å². The highest BCUT2D eigenvalue weighted by Gasteiger charge is 1.99. The fourth-order valence-electron chi connectivity index (χ4n) is 2.33. The molecule has 0 unspecified atom stereocenters. The van der Waals surface area contributed by atoms with Crippen LogP contribution in [0.1, 0.15) is 16.8 Å². The number of pyridine rings is 1. The lowest BCUT2D eigenvalue weighted by molar-refractivity contribution is 0.306. The Balaban J connectivity index is 1.46. The summed E-state index contributed by atoms with van der Waals surface area (Å²) < 4.78 is 5.79. The minimum atomic E-state index is 0.512. The molecule has 0 radical (unpaired) electrons. The van der Waals surface area contributed by atoms with Crippen molar-refractivity contribution in [3.8, 4) is 5.75 Å². The average Bonchev–Trinajstić information content (AvgIpc) is 2.62. The van der Waals surface area contributed by atoms with Gasteiger partial charge in [-0.25, -0.2) is 0 Å². The van der Waals surface area contributed by atoms with Crippen LogP contribution in [-0.4, -0.2) is 4.98 Å². The Morgan fingerprint density at radius 1 is 0.875 bits per heavy atom. The predicted molar refractivity (Wildman–Crippen MR) is 97.0 cm³/mol. The first-order valence-corrected chi connectivity index (χ1v) is 8.24. The smallest absolute Gasteiger partial charge is 0.119 e. The molecule has 1 heterocycles. The van der Waals surface area contributed by atoms with E-state index in [0.29, 0.717) is 6.61 Å². The van der Waals surface area contributed by atoms with Crippen LogP contribution >= 0.6 is 11.6 Å². The van der Waals surface area contributed by atoms with E-state index in [0.717, 1.165) is 35.1 Å². The van der Waals surface area contributed by atoms with Crippen molar-refractivity contribution in [3.05, 3.63) is 94.8 Å². The van der Waals surface area contributed by atoms with E-state index < -0.39 is 0 Å². The fraction of sp³-hybridized carbons (Fsp3) is 0.150. The number of halogens is 1. The number of nitrogens with one attached hydrogen (secondary N) is 1. The van der Waals surface area contributed by atoms with Crippen molar-refractivity contribution in [2.75, 3.05) is 0 Å². The van der Waals surface area contributed by atoms with Crippen LogP contribution in [0.3, 0.4) is 0 Å². The van der Waals surface area contributed by atoms with E-state index in [1.165, 1.54) is 5.56 Å². The van der Waals surface area contributed by atoms with Crippen LogP contribution in [0.5, 0.6) is 5.75 Å². The first-order chi connectivity index (χ1) is 11.8. The second-order valence-corrected chi connectivity index (χ2v) is 5.92. The third-order valence-corrected chi connectivity index (χ3v) is 3.81. The maximum absolute atomic E-state index is 5.97. The Kier molecular flexibility index (Phi) is 5.83. The number of benzene rings is 2. The van der Waals surface area contributed by atoms with Crippen LogP contribution in [0.15, 0.2) is 72.9 Å². The molecule has 1 N–H and O–H groups in total. The van der Waals surface area contributed by atoms with Gasteiger partial charge in [0.1, 0.15) is 12.4 Å². The van der Waals surface area contributed by atoms with Crippen LogP contribution in [0.4, 0.5) is 0 Å². The van der Waals surface area contributed by atoms with E-state index in [1.807, 2.05) is 60.8 Å². The highest BCUT2D eigenvalue weighted by Crippen LogP contribution is 2.16. The fourth-order valence-corrected chi connectivity index (χ4v) is 2.55. The van der Waals surface area contributed by atoms with Crippen molar-refractivity contribution >= 4 is 11.6 Å². The molecule has 0 saturated heterocycles. The van der Waals surface area contributed by atoms with Crippen molar-refractivity contribution < 1.29 is 4.74 Å². The maximum Gasteiger partial charge on any atom is 0.119 e. The van der Waals surface area contributed by atoms with Gasteiger partial charge in [0.05, 0.1) is 5.69 Å². The van der Waals surface area contributed by atoms with Gasteiger partial charge < -0.3 is 10.1 Å². The minimum Gasteiger partial charge on any atom is -0.489 e. The summed E-state index contributed by atoms with van der Waals surface area (Å²) in [6.07, 6.45) is 1.81. The molecule has 3 aromatic rings. The van der Waals surface area contributed by atoms with Crippen LogP contribution < -0.4 is 10.1 Å². The Labute approximate surface area is 147 Å². The van der Waals surface area contributed by atoms with Crippen molar-refractivity contribution in [1.29, 1.82) is 0 Å². The highest BCUT2D eigenvalue weighted by atomic mass is 35.5. The van der Waals surface area contributed by atoms with E-state index in [-0.39, 0.29) is 0 Å². The molecule has 2 aromatic carbocycles. The van der Waals surface area contributed by atoms with Gasteiger partial charge in [-0.1, -0.05) is 41.9 Å². The lowest BCUT2D eigenvalue weighted by atomic mass is 10.2. The van der Waals surface area contributed by atoms with E-state index in [2.05, 4.69) is 22.4 Å². The zero-order valence-electron chi connectivity index (χ0n) is 13.3. The summed E-state index contributed by atoms with van der Waals surface area (Å²) in [4.78, 5) is 4.29. The van der Waals surface area contributed by atoms with Gasteiger partial charge >= 0.3 is 0 Å². The van der Waals surface area contributed by atoms with Gasteiger partial charge in [0, 0.05) is 24.3 Å². The van der Waals surface area contributed by atoms with Crippen molar-refractivity contribution in [3.63, 3.8) is 0 Å². The first-order valence-electron chi connectivity index (χ1n) is 7.86. The molecule has 0 amide bonds. The molecule has 0 aliphatic rings. The molecule has 0 atom stereocenters. The van der Waals surface area contributed by atoms with Gasteiger partial charge in [-0.3, -0.25) is 4.98 Å². The Bertz CT molecular complexity index is 760. The molecule has 24 heavy (non-hydrogen) atoms. The lowest BCUT2D eigenvalue weighted by Crippen LogP contribution is -2.13. The van der Waals surface area contributed by atoms with E-state index in [1.54, 1.807) is 0 Å². The van der Waals surface area contributed by atoms with Crippen LogP contribution in [-0.2, 0) is 19.7 Å². The molecular formula is C20H19ClN2O. The summed E-state index contributed by atoms with van der Waals surface area (Å²) >= 11 is 5.97. The van der Waals surface area contributed by atoms with Gasteiger partial charge in [-0.2, -0.15) is 0 Å². The Morgan fingerprint density at radius 2 is 1.75 bits per heavy atom. The normalized spacial score (nSPS) is 10.5. The molecule has 122 valence electrons. The largest absolute Gasteiger partial charge is 0.489 e. The zero-order chi connectivity index (χ0) is 16.6. The molecule has 3 rings (SSSR count). The molecule has 0 aliphatic carbocycles. The van der Waals surface area contributed by atoms with Gasteiger partial charge in [0.2, 0.25) is 0 Å². The third-order valence-electron chi connectivity index (χ3n) is 3.58. The lowest BCUT2D eigenvalue weighted by Gasteiger charge is -2.08. The van der Waals surface area contributed by atoms with Crippen LogP contribution in [0.2, 0.25) is 5.02 Å². The number of aromatic nitrogens is 1. The molecule has 0 fully saturated rings. The van der Waals surface area contributed by atoms with Gasteiger partial charge in [0.15, 0.2) is 0 Å². The summed E-state index contributed by atoms with van der Waals surface area (Å²) in [5.74, 6) is 0.850. The Hall–Kier alpha value is -2.36. The number of nitrogens with zero attached hydrogens (tertiary/aromatic N) is 1. The molecular weight excluding hydrogens is 320 g/mol. The zero-order valence-corrected chi connectivity index (χ0v) is 14.0. The minimum absolute atomic E-state index is 0.512. The maximum atomic E-state index is 5.97. The molecule has 3 nitrogen and oxygen atoms in total. The second-order valence-electron chi connectivity index (χ2n) is 5.49. The van der Waals surface area contributed by atoms with E-state index in [9.17, 15) is 0 Å².